The Morgan fingerprint density at radius 3 is 2.54 bits per heavy atom. The molecule has 1 amide bonds. The van der Waals surface area contributed by atoms with Crippen LogP contribution in [0.25, 0.3) is 5.69 Å². The van der Waals surface area contributed by atoms with Gasteiger partial charge >= 0.3 is 0 Å². The molecule has 2 aromatic carbocycles. The van der Waals surface area contributed by atoms with Crippen LogP contribution >= 0.6 is 11.6 Å². The van der Waals surface area contributed by atoms with E-state index in [4.69, 9.17) is 11.6 Å². The van der Waals surface area contributed by atoms with E-state index in [1.807, 2.05) is 30.3 Å². The predicted octanol–water partition coefficient (Wildman–Crippen LogP) is 4.30. The Hall–Kier alpha value is -3.19. The maximum absolute atomic E-state index is 12.7. The zero-order valence-electron chi connectivity index (χ0n) is 14.1. The molecule has 1 heterocycles. The summed E-state index contributed by atoms with van der Waals surface area (Å²) in [7, 11) is 0. The average Bonchev–Trinajstić information content (AvgIpc) is 2.92. The van der Waals surface area contributed by atoms with Crippen LogP contribution in [-0.2, 0) is 0 Å². The molecule has 0 atom stereocenters. The second-order valence-electron chi connectivity index (χ2n) is 5.67. The molecular weight excluding hydrogens is 356 g/mol. The Morgan fingerprint density at radius 1 is 1.19 bits per heavy atom. The summed E-state index contributed by atoms with van der Waals surface area (Å²) >= 11 is 6.05. The van der Waals surface area contributed by atoms with Crippen LogP contribution in [0.15, 0.2) is 48.5 Å². The van der Waals surface area contributed by atoms with Gasteiger partial charge in [0.05, 0.1) is 38.3 Å². The number of nitro benzene ring substituents is 1. The molecule has 0 fully saturated rings. The molecule has 0 unspecified atom stereocenters. The van der Waals surface area contributed by atoms with Crippen molar-refractivity contribution in [3.8, 4) is 5.69 Å². The van der Waals surface area contributed by atoms with Gasteiger partial charge < -0.3 is 5.32 Å². The highest BCUT2D eigenvalue weighted by Gasteiger charge is 2.21. The number of aromatic nitrogens is 2. The summed E-state index contributed by atoms with van der Waals surface area (Å²) in [5, 5.41) is 18.2. The number of halogens is 1. The first-order valence-electron chi connectivity index (χ1n) is 7.75. The fraction of sp³-hybridized carbons (Fsp3) is 0.111. The molecule has 3 aromatic rings. The third-order valence-electron chi connectivity index (χ3n) is 3.93. The summed E-state index contributed by atoms with van der Waals surface area (Å²) in [5.74, 6) is -0.426. The lowest BCUT2D eigenvalue weighted by Crippen LogP contribution is -2.14. The van der Waals surface area contributed by atoms with Crippen molar-refractivity contribution in [3.05, 3.63) is 80.6 Å². The van der Waals surface area contributed by atoms with Gasteiger partial charge in [0.1, 0.15) is 0 Å². The van der Waals surface area contributed by atoms with E-state index in [2.05, 4.69) is 10.4 Å². The molecule has 8 heteroatoms. The summed E-state index contributed by atoms with van der Waals surface area (Å²) in [6, 6.07) is 13.3. The minimum atomic E-state index is -0.546. The van der Waals surface area contributed by atoms with Crippen molar-refractivity contribution in [2.24, 2.45) is 0 Å². The van der Waals surface area contributed by atoms with Gasteiger partial charge in [-0.05, 0) is 32.0 Å². The van der Waals surface area contributed by atoms with Crippen molar-refractivity contribution in [1.82, 2.24) is 9.78 Å². The molecule has 0 aliphatic rings. The predicted molar refractivity (Wildman–Crippen MR) is 99.1 cm³/mol. The summed E-state index contributed by atoms with van der Waals surface area (Å²) in [6.45, 7) is 3.52. The van der Waals surface area contributed by atoms with Crippen LogP contribution in [0.2, 0.25) is 5.02 Å². The smallest absolute Gasteiger partial charge is 0.271 e. The molecule has 0 bridgehead atoms. The number of para-hydroxylation sites is 1. The maximum atomic E-state index is 12.7. The number of amides is 1. The number of anilines is 1. The third kappa shape index (κ3) is 3.29. The van der Waals surface area contributed by atoms with Gasteiger partial charge in [0.2, 0.25) is 0 Å². The Kier molecular flexibility index (Phi) is 4.73. The molecule has 1 N–H and O–H groups in total. The second-order valence-corrected chi connectivity index (χ2v) is 6.08. The van der Waals surface area contributed by atoms with Crippen molar-refractivity contribution >= 4 is 28.9 Å². The maximum Gasteiger partial charge on any atom is 0.271 e. The van der Waals surface area contributed by atoms with E-state index >= 15 is 0 Å². The highest BCUT2D eigenvalue weighted by Crippen LogP contribution is 2.28. The van der Waals surface area contributed by atoms with Crippen LogP contribution in [0, 0.1) is 24.0 Å². The number of benzene rings is 2. The van der Waals surface area contributed by atoms with Gasteiger partial charge in [-0.15, -0.1) is 0 Å². The number of non-ortho nitro benzene ring substituents is 1. The number of carbonyl (C=O) groups is 1. The Bertz CT molecular complexity index is 999. The van der Waals surface area contributed by atoms with E-state index in [0.29, 0.717) is 17.0 Å². The van der Waals surface area contributed by atoms with Gasteiger partial charge in [-0.3, -0.25) is 14.9 Å². The zero-order chi connectivity index (χ0) is 18.8. The van der Waals surface area contributed by atoms with Gasteiger partial charge in [0.15, 0.2) is 0 Å². The van der Waals surface area contributed by atoms with Gasteiger partial charge in [-0.25, -0.2) is 4.68 Å². The van der Waals surface area contributed by atoms with Gasteiger partial charge in [-0.1, -0.05) is 29.8 Å². The summed E-state index contributed by atoms with van der Waals surface area (Å²) < 4.78 is 1.68. The monoisotopic (exact) mass is 370 g/mol. The van der Waals surface area contributed by atoms with Crippen LogP contribution in [0.3, 0.4) is 0 Å². The van der Waals surface area contributed by atoms with Gasteiger partial charge in [-0.2, -0.15) is 5.10 Å². The van der Waals surface area contributed by atoms with E-state index in [9.17, 15) is 14.9 Å². The Morgan fingerprint density at radius 2 is 1.88 bits per heavy atom. The van der Waals surface area contributed by atoms with Crippen molar-refractivity contribution < 1.29 is 9.72 Å². The van der Waals surface area contributed by atoms with Crippen molar-refractivity contribution in [2.75, 3.05) is 5.32 Å². The van der Waals surface area contributed by atoms with Crippen LogP contribution in [0.5, 0.6) is 0 Å². The number of hydrogen-bond acceptors (Lipinski definition) is 4. The van der Waals surface area contributed by atoms with Crippen LogP contribution in [-0.4, -0.2) is 20.6 Å². The molecular formula is C18H15ClN4O3. The molecule has 3 rings (SSSR count). The Balaban J connectivity index is 1.96. The van der Waals surface area contributed by atoms with Crippen molar-refractivity contribution in [3.63, 3.8) is 0 Å². The van der Waals surface area contributed by atoms with Crippen molar-refractivity contribution in [2.45, 2.75) is 13.8 Å². The molecule has 26 heavy (non-hydrogen) atoms. The van der Waals surface area contributed by atoms with E-state index < -0.39 is 10.8 Å². The van der Waals surface area contributed by atoms with Crippen molar-refractivity contribution in [1.29, 1.82) is 0 Å². The first-order valence-corrected chi connectivity index (χ1v) is 8.13. The lowest BCUT2D eigenvalue weighted by Gasteiger charge is -2.08. The topological polar surface area (TPSA) is 90.1 Å². The molecule has 0 saturated heterocycles. The normalized spacial score (nSPS) is 10.6. The second kappa shape index (κ2) is 6.97. The summed E-state index contributed by atoms with van der Waals surface area (Å²) in [4.78, 5) is 23.1. The molecule has 0 spiro atoms. The quantitative estimate of drug-likeness (QED) is 0.547. The lowest BCUT2D eigenvalue weighted by atomic mass is 10.1. The fourth-order valence-corrected chi connectivity index (χ4v) is 2.86. The molecule has 0 saturated carbocycles. The number of hydrogen-bond donors (Lipinski definition) is 1. The van der Waals surface area contributed by atoms with Gasteiger partial charge in [0, 0.05) is 12.1 Å². The minimum Gasteiger partial charge on any atom is -0.320 e. The first kappa shape index (κ1) is 17.6. The summed E-state index contributed by atoms with van der Waals surface area (Å²) in [5.41, 5.74) is 2.46. The van der Waals surface area contributed by atoms with Gasteiger partial charge in [0.25, 0.3) is 11.6 Å². The highest BCUT2D eigenvalue weighted by atomic mass is 35.5. The molecule has 1 aromatic heterocycles. The standard InChI is InChI=1S/C18H15ClN4O3/c1-11-17(12(2)22(21-11)13-6-4-3-5-7-13)18(24)20-16-10-14(23(25)26)8-9-15(16)19/h3-10H,1-2H3,(H,20,24). The van der Waals surface area contributed by atoms with Crippen LogP contribution in [0.4, 0.5) is 11.4 Å². The SMILES string of the molecule is Cc1nn(-c2ccccc2)c(C)c1C(=O)Nc1cc([N+](=O)[O-])ccc1Cl. The number of nitro groups is 1. The molecule has 0 aliphatic carbocycles. The number of rotatable bonds is 4. The average molecular weight is 371 g/mol. The fourth-order valence-electron chi connectivity index (χ4n) is 2.70. The number of aryl methyl sites for hydroxylation is 1. The number of carbonyl (C=O) groups excluding carboxylic acids is 1. The van der Waals surface area contributed by atoms with E-state index in [1.54, 1.807) is 18.5 Å². The molecule has 7 nitrogen and oxygen atoms in total. The highest BCUT2D eigenvalue weighted by molar-refractivity contribution is 6.34. The van der Waals surface area contributed by atoms with E-state index in [0.717, 1.165) is 5.69 Å². The van der Waals surface area contributed by atoms with E-state index in [-0.39, 0.29) is 16.4 Å². The molecule has 0 radical (unpaired) electrons. The number of nitrogens with zero attached hydrogens (tertiary/aromatic N) is 3. The molecule has 132 valence electrons. The lowest BCUT2D eigenvalue weighted by molar-refractivity contribution is -0.384. The first-order chi connectivity index (χ1) is 12.4. The third-order valence-corrected chi connectivity index (χ3v) is 4.26. The molecule has 0 aliphatic heterocycles. The summed E-state index contributed by atoms with van der Waals surface area (Å²) in [6.07, 6.45) is 0. The minimum absolute atomic E-state index is 0.155. The van der Waals surface area contributed by atoms with Crippen LogP contribution < -0.4 is 5.32 Å². The number of nitrogens with one attached hydrogen (secondary N) is 1. The van der Waals surface area contributed by atoms with Crippen LogP contribution in [0.1, 0.15) is 21.7 Å². The zero-order valence-corrected chi connectivity index (χ0v) is 14.8. The Labute approximate surface area is 154 Å². The van der Waals surface area contributed by atoms with E-state index in [1.165, 1.54) is 18.2 Å². The largest absolute Gasteiger partial charge is 0.320 e.